The van der Waals surface area contributed by atoms with Gasteiger partial charge in [0.15, 0.2) is 0 Å². The monoisotopic (exact) mass is 511 g/mol. The number of nitriles is 1. The molecule has 1 aromatic carbocycles. The van der Waals surface area contributed by atoms with Crippen LogP contribution < -0.4 is 5.73 Å². The molecule has 0 radical (unpaired) electrons. The standard InChI is InChI=1S/C29H25FN6O2/c1-28(38)13-29(32,14-28)26-20(30)8-17(12-33-26)15-6-7-36-21(9-15)24-19-10-22(25(24)34-36)35(2)27(37)18-5-3-4-16(11-31)23(18)19/h3-9,12,19,22,38H,10,13-14,32H2,1-2H3/t19-,22-,28?,29?/m1/s1/i2D3. The first-order chi connectivity index (χ1) is 19.3. The van der Waals surface area contributed by atoms with Gasteiger partial charge in [0.25, 0.3) is 5.91 Å². The zero-order valence-electron chi connectivity index (χ0n) is 23.4. The number of fused-ring (bicyclic) bond motifs is 9. The summed E-state index contributed by atoms with van der Waals surface area (Å²) >= 11 is 0. The Labute approximate surface area is 222 Å². The van der Waals surface area contributed by atoms with Crippen LogP contribution >= 0.6 is 0 Å². The van der Waals surface area contributed by atoms with Crippen LogP contribution in [0, 0.1) is 17.1 Å². The van der Waals surface area contributed by atoms with Gasteiger partial charge in [-0.05, 0) is 67.6 Å². The molecular formula is C29H25FN6O2. The van der Waals surface area contributed by atoms with Crippen LogP contribution in [0.2, 0.25) is 0 Å². The maximum Gasteiger partial charge on any atom is 0.254 e. The number of rotatable bonds is 2. The van der Waals surface area contributed by atoms with Gasteiger partial charge in [-0.2, -0.15) is 10.4 Å². The molecule has 2 aliphatic carbocycles. The van der Waals surface area contributed by atoms with E-state index >= 15 is 4.39 Å². The molecule has 1 fully saturated rings. The third-order valence-electron chi connectivity index (χ3n) is 8.20. The lowest BCUT2D eigenvalue weighted by Crippen LogP contribution is -2.59. The molecule has 3 aromatic heterocycles. The van der Waals surface area contributed by atoms with Crippen molar-refractivity contribution in [2.24, 2.45) is 5.73 Å². The van der Waals surface area contributed by atoms with Crippen molar-refractivity contribution in [2.45, 2.75) is 49.3 Å². The number of aliphatic hydroxyl groups is 1. The van der Waals surface area contributed by atoms with Crippen molar-refractivity contribution in [1.82, 2.24) is 19.5 Å². The first-order valence-corrected chi connectivity index (χ1v) is 12.4. The SMILES string of the molecule is [2H]C([2H])([2H])N1C(=O)c2cccc(C#N)c2[C@H]2C[C@@H]1c1nn3ccc(-c4cnc(C5(N)CC(C)(O)C5)c(F)c4)cc3c12. The number of pyridine rings is 2. The average molecular weight is 512 g/mol. The van der Waals surface area contributed by atoms with E-state index in [1.165, 1.54) is 6.07 Å². The molecule has 1 aliphatic heterocycles. The molecule has 9 heteroatoms. The quantitative estimate of drug-likeness (QED) is 0.423. The highest BCUT2D eigenvalue weighted by Crippen LogP contribution is 2.52. The number of carbonyl (C=O) groups is 1. The number of hydrogen-bond donors (Lipinski definition) is 2. The third-order valence-corrected chi connectivity index (χ3v) is 8.20. The third kappa shape index (κ3) is 3.04. The molecule has 1 amide bonds. The fourth-order valence-electron chi connectivity index (χ4n) is 6.74. The minimum Gasteiger partial charge on any atom is -0.390 e. The maximum atomic E-state index is 15.3. The van der Waals surface area contributed by atoms with Crippen LogP contribution in [0.1, 0.15) is 80.7 Å². The Morgan fingerprint density at radius 3 is 2.79 bits per heavy atom. The summed E-state index contributed by atoms with van der Waals surface area (Å²) in [4.78, 5) is 18.8. The summed E-state index contributed by atoms with van der Waals surface area (Å²) in [5.41, 5.74) is 8.49. The second-order valence-corrected chi connectivity index (χ2v) is 11.0. The van der Waals surface area contributed by atoms with Gasteiger partial charge in [-0.3, -0.25) is 9.78 Å². The Bertz CT molecular complexity index is 1830. The van der Waals surface area contributed by atoms with Crippen LogP contribution in [0.25, 0.3) is 16.6 Å². The first-order valence-electron chi connectivity index (χ1n) is 13.9. The van der Waals surface area contributed by atoms with Crippen molar-refractivity contribution in [1.29, 1.82) is 5.26 Å². The van der Waals surface area contributed by atoms with Gasteiger partial charge in [0.05, 0.1) is 45.7 Å². The van der Waals surface area contributed by atoms with E-state index in [-0.39, 0.29) is 30.5 Å². The highest BCUT2D eigenvalue weighted by atomic mass is 19.1. The predicted octanol–water partition coefficient (Wildman–Crippen LogP) is 3.77. The minimum atomic E-state index is -2.72. The molecule has 1 saturated carbocycles. The molecule has 0 saturated heterocycles. The normalized spacial score (nSPS) is 29.0. The van der Waals surface area contributed by atoms with Crippen LogP contribution in [0.5, 0.6) is 0 Å². The molecule has 4 heterocycles. The molecule has 0 spiro atoms. The molecule has 2 atom stereocenters. The Kier molecular flexibility index (Phi) is 3.91. The molecule has 4 aromatic rings. The van der Waals surface area contributed by atoms with Crippen molar-refractivity contribution in [3.8, 4) is 17.2 Å². The smallest absolute Gasteiger partial charge is 0.254 e. The number of carbonyl (C=O) groups excluding carboxylic acids is 1. The predicted molar refractivity (Wildman–Crippen MR) is 137 cm³/mol. The lowest BCUT2D eigenvalue weighted by atomic mass is 9.64. The van der Waals surface area contributed by atoms with E-state index in [1.807, 2.05) is 6.07 Å². The maximum absolute atomic E-state index is 15.3. The molecule has 0 unspecified atom stereocenters. The second-order valence-electron chi connectivity index (χ2n) is 11.0. The van der Waals surface area contributed by atoms with Crippen molar-refractivity contribution in [3.05, 3.63) is 88.3 Å². The van der Waals surface area contributed by atoms with Gasteiger partial charge in [-0.15, -0.1) is 0 Å². The summed E-state index contributed by atoms with van der Waals surface area (Å²) in [6.07, 6.45) is 3.95. The van der Waals surface area contributed by atoms with Crippen LogP contribution in [0.3, 0.4) is 0 Å². The number of halogens is 1. The van der Waals surface area contributed by atoms with Crippen molar-refractivity contribution in [2.75, 3.05) is 6.98 Å². The fraction of sp³-hybridized carbons (Fsp3) is 0.310. The van der Waals surface area contributed by atoms with Crippen molar-refractivity contribution < 1.29 is 18.4 Å². The van der Waals surface area contributed by atoms with E-state index < -0.39 is 41.8 Å². The van der Waals surface area contributed by atoms with Gasteiger partial charge in [-0.25, -0.2) is 8.91 Å². The Morgan fingerprint density at radius 1 is 1.26 bits per heavy atom. The Morgan fingerprint density at radius 2 is 2.08 bits per heavy atom. The summed E-state index contributed by atoms with van der Waals surface area (Å²) in [6, 6.07) is 11.1. The summed E-state index contributed by atoms with van der Waals surface area (Å²) in [5, 5.41) is 24.7. The summed E-state index contributed by atoms with van der Waals surface area (Å²) in [6.45, 7) is -1.07. The topological polar surface area (TPSA) is 121 Å². The van der Waals surface area contributed by atoms with Gasteiger partial charge < -0.3 is 15.7 Å². The van der Waals surface area contributed by atoms with Crippen LogP contribution in [-0.4, -0.2) is 43.1 Å². The van der Waals surface area contributed by atoms with Gasteiger partial charge in [-0.1, -0.05) is 6.07 Å². The van der Waals surface area contributed by atoms with Gasteiger partial charge in [0, 0.05) is 46.1 Å². The second kappa shape index (κ2) is 7.47. The zero-order valence-corrected chi connectivity index (χ0v) is 20.4. The van der Waals surface area contributed by atoms with E-state index in [1.54, 1.807) is 48.1 Å². The summed E-state index contributed by atoms with van der Waals surface area (Å²) in [7, 11) is 0. The molecule has 190 valence electrons. The molecule has 8 nitrogen and oxygen atoms in total. The number of amides is 1. The van der Waals surface area contributed by atoms with Gasteiger partial charge in [0.2, 0.25) is 0 Å². The highest BCUT2D eigenvalue weighted by molar-refractivity contribution is 5.98. The van der Waals surface area contributed by atoms with Gasteiger partial charge in [0.1, 0.15) is 5.82 Å². The van der Waals surface area contributed by atoms with E-state index in [9.17, 15) is 15.2 Å². The number of nitrogens with two attached hydrogens (primary N) is 1. The summed E-state index contributed by atoms with van der Waals surface area (Å²) in [5.74, 6) is -1.66. The summed E-state index contributed by atoms with van der Waals surface area (Å²) < 4.78 is 41.4. The molecule has 2 bridgehead atoms. The molecule has 7 rings (SSSR count). The van der Waals surface area contributed by atoms with Crippen LogP contribution in [-0.2, 0) is 5.54 Å². The highest BCUT2D eigenvalue weighted by Gasteiger charge is 2.51. The number of aromatic nitrogens is 3. The van der Waals surface area contributed by atoms with E-state index in [2.05, 4.69) is 11.1 Å². The van der Waals surface area contributed by atoms with Crippen LogP contribution in [0.4, 0.5) is 4.39 Å². The molecule has 38 heavy (non-hydrogen) atoms. The van der Waals surface area contributed by atoms with Crippen LogP contribution in [0.15, 0.2) is 48.8 Å². The average Bonchev–Trinajstić information content (AvgIpc) is 3.39. The Hall–Kier alpha value is -4.13. The zero-order chi connectivity index (χ0) is 29.1. The lowest BCUT2D eigenvalue weighted by Gasteiger charge is -2.48. The van der Waals surface area contributed by atoms with Crippen molar-refractivity contribution >= 4 is 11.4 Å². The Balaban J connectivity index is 1.38. The molecule has 3 aliphatic rings. The molecule has 3 N–H and O–H groups in total. The largest absolute Gasteiger partial charge is 0.390 e. The van der Waals surface area contributed by atoms with E-state index in [4.69, 9.17) is 14.9 Å². The molecular weight excluding hydrogens is 483 g/mol. The van der Waals surface area contributed by atoms with E-state index in [0.29, 0.717) is 33.5 Å². The fourth-order valence-corrected chi connectivity index (χ4v) is 6.74. The number of hydrogen-bond acceptors (Lipinski definition) is 6. The minimum absolute atomic E-state index is 0.110. The van der Waals surface area contributed by atoms with E-state index in [0.717, 1.165) is 10.5 Å². The van der Waals surface area contributed by atoms with Gasteiger partial charge >= 0.3 is 0 Å². The van der Waals surface area contributed by atoms with Crippen molar-refractivity contribution in [3.63, 3.8) is 0 Å². The first kappa shape index (κ1) is 19.9. The number of benzene rings is 1. The number of nitrogens with zero attached hydrogens (tertiary/aromatic N) is 5. The lowest BCUT2D eigenvalue weighted by molar-refractivity contribution is -0.0764.